The molecule has 7 rings (SSSR count). The first-order valence-corrected chi connectivity index (χ1v) is 25.1. The number of pyridine rings is 1. The summed E-state index contributed by atoms with van der Waals surface area (Å²) >= 11 is 0. The summed E-state index contributed by atoms with van der Waals surface area (Å²) in [5.41, 5.74) is -1.23. The quantitative estimate of drug-likeness (QED) is 0.0437. The second-order valence-corrected chi connectivity index (χ2v) is 21.1. The number of ether oxygens (including phenoxy) is 3. The fourth-order valence-electron chi connectivity index (χ4n) is 9.54. The van der Waals surface area contributed by atoms with Crippen molar-refractivity contribution in [3.05, 3.63) is 101 Å². The molecule has 3 aliphatic rings. The Morgan fingerprint density at radius 1 is 0.872 bits per heavy atom. The Labute approximate surface area is 446 Å². The van der Waals surface area contributed by atoms with Crippen LogP contribution in [0.3, 0.4) is 0 Å². The van der Waals surface area contributed by atoms with Gasteiger partial charge in [-0.15, -0.1) is 0 Å². The maximum absolute atomic E-state index is 16.0. The number of amides is 4. The van der Waals surface area contributed by atoms with Crippen LogP contribution in [-0.4, -0.2) is 149 Å². The van der Waals surface area contributed by atoms with Crippen LogP contribution in [0.25, 0.3) is 11.3 Å². The molecule has 5 N–H and O–H groups in total. The van der Waals surface area contributed by atoms with Gasteiger partial charge in [0.2, 0.25) is 5.91 Å². The highest BCUT2D eigenvalue weighted by molar-refractivity contribution is 5.87. The van der Waals surface area contributed by atoms with Gasteiger partial charge in [0.15, 0.2) is 6.10 Å². The van der Waals surface area contributed by atoms with E-state index in [2.05, 4.69) is 47.4 Å². The fourth-order valence-corrected chi connectivity index (χ4v) is 9.54. The minimum atomic E-state index is -5.09. The van der Waals surface area contributed by atoms with Crippen LogP contribution < -0.4 is 26.3 Å². The van der Waals surface area contributed by atoms with E-state index in [0.29, 0.717) is 53.2 Å². The second kappa shape index (κ2) is 24.3. The number of anilines is 1. The Hall–Kier alpha value is -7.01. The van der Waals surface area contributed by atoms with Gasteiger partial charge in [-0.25, -0.2) is 33.3 Å². The van der Waals surface area contributed by atoms with Gasteiger partial charge < -0.3 is 40.2 Å². The molecule has 0 saturated carbocycles. The predicted octanol–water partition coefficient (Wildman–Crippen LogP) is 6.08. The summed E-state index contributed by atoms with van der Waals surface area (Å²) in [7, 11) is 2.12. The first-order valence-electron chi connectivity index (χ1n) is 25.1. The molecule has 422 valence electrons. The van der Waals surface area contributed by atoms with Gasteiger partial charge in [0.1, 0.15) is 23.5 Å². The van der Waals surface area contributed by atoms with Crippen molar-refractivity contribution in [1.82, 2.24) is 45.8 Å². The Bertz CT molecular complexity index is 2800. The normalized spacial score (nSPS) is 18.5. The Balaban J connectivity index is 1.16. The zero-order chi connectivity index (χ0) is 56.9. The lowest BCUT2D eigenvalue weighted by Gasteiger charge is -2.47. The lowest BCUT2D eigenvalue weighted by atomic mass is 9.82. The highest BCUT2D eigenvalue weighted by atomic mass is 19.4. The van der Waals surface area contributed by atoms with Crippen LogP contribution in [0, 0.1) is 34.3 Å². The highest BCUT2D eigenvalue weighted by Gasteiger charge is 2.56. The van der Waals surface area contributed by atoms with Crippen molar-refractivity contribution in [2.45, 2.75) is 116 Å². The number of hydrogen-bond donors (Lipinski definition) is 5. The molecular formula is C53H63F7N10O8. The third-order valence-corrected chi connectivity index (χ3v) is 14.1. The number of alkyl halides is 5. The van der Waals surface area contributed by atoms with E-state index in [1.165, 1.54) is 7.05 Å². The molecule has 3 fully saturated rings. The van der Waals surface area contributed by atoms with E-state index in [9.17, 15) is 46.2 Å². The third kappa shape index (κ3) is 14.0. The molecular weight excluding hydrogens is 1040 g/mol. The number of aliphatic hydroxyl groups excluding tert-OH is 1. The molecule has 2 bridgehead atoms. The predicted molar refractivity (Wildman–Crippen MR) is 269 cm³/mol. The number of hydrazine groups is 1. The van der Waals surface area contributed by atoms with Crippen LogP contribution in [0.15, 0.2) is 67.3 Å². The average molecular weight is 1100 g/mol. The molecule has 25 heteroatoms. The number of rotatable bonds is 18. The van der Waals surface area contributed by atoms with E-state index < -0.39 is 102 Å². The second-order valence-electron chi connectivity index (χ2n) is 21.1. The molecule has 4 amide bonds. The lowest BCUT2D eigenvalue weighted by molar-refractivity contribution is -0.220. The van der Waals surface area contributed by atoms with Gasteiger partial charge >= 0.3 is 24.9 Å². The number of alkyl carbamates (subject to hydrolysis) is 2. The van der Waals surface area contributed by atoms with Crippen LogP contribution in [0.4, 0.5) is 46.1 Å². The maximum atomic E-state index is 16.0. The number of hydrogen-bond acceptors (Lipinski definition) is 13. The van der Waals surface area contributed by atoms with Crippen LogP contribution in [-0.2, 0) is 36.8 Å². The minimum Gasteiger partial charge on any atom is -0.453 e. The number of aliphatic hydroxyl groups is 1. The average Bonchev–Trinajstić information content (AvgIpc) is 3.97. The zero-order valence-electron chi connectivity index (χ0n) is 44.0. The van der Waals surface area contributed by atoms with Crippen LogP contribution in [0.5, 0.6) is 0 Å². The number of carbonyl (C=O) groups excluding carboxylic acids is 4. The summed E-state index contributed by atoms with van der Waals surface area (Å²) in [6, 6.07) is 9.29. The number of methoxy groups -OCH3 is 1. The Kier molecular flexibility index (Phi) is 18.3. The van der Waals surface area contributed by atoms with Crippen molar-refractivity contribution in [3.8, 4) is 23.1 Å². The molecule has 0 spiro atoms. The van der Waals surface area contributed by atoms with E-state index in [-0.39, 0.29) is 17.7 Å². The summed E-state index contributed by atoms with van der Waals surface area (Å²) in [4.78, 5) is 66.4. The van der Waals surface area contributed by atoms with Gasteiger partial charge in [-0.1, -0.05) is 44.7 Å². The van der Waals surface area contributed by atoms with Crippen molar-refractivity contribution < 1.29 is 69.2 Å². The summed E-state index contributed by atoms with van der Waals surface area (Å²) in [5, 5.41) is 19.5. The molecule has 18 nitrogen and oxygen atoms in total. The molecule has 5 heterocycles. The van der Waals surface area contributed by atoms with Gasteiger partial charge in [-0.2, -0.15) is 22.0 Å². The minimum absolute atomic E-state index is 0.207. The molecule has 2 aromatic carbocycles. The Morgan fingerprint density at radius 2 is 1.50 bits per heavy atom. The molecule has 0 unspecified atom stereocenters. The number of imidazole rings is 1. The van der Waals surface area contributed by atoms with Crippen molar-refractivity contribution >= 4 is 29.8 Å². The van der Waals surface area contributed by atoms with E-state index in [4.69, 9.17) is 14.5 Å². The van der Waals surface area contributed by atoms with Crippen LogP contribution in [0.1, 0.15) is 76.3 Å². The molecule has 3 saturated heterocycles. The monoisotopic (exact) mass is 1100 g/mol. The molecule has 6 atom stereocenters. The fraction of sp³-hybridized carbons (Fsp3) is 0.509. The zero-order valence-corrected chi connectivity index (χ0v) is 44.0. The van der Waals surface area contributed by atoms with Gasteiger partial charge in [-0.05, 0) is 75.1 Å². The van der Waals surface area contributed by atoms with E-state index in [1.54, 1.807) is 51.2 Å². The summed E-state index contributed by atoms with van der Waals surface area (Å²) in [6.45, 7) is 4.55. The summed E-state index contributed by atoms with van der Waals surface area (Å²) in [5.74, 6) is 2.05. The van der Waals surface area contributed by atoms with Crippen molar-refractivity contribution in [3.63, 3.8) is 0 Å². The van der Waals surface area contributed by atoms with Crippen molar-refractivity contribution in [1.29, 1.82) is 0 Å². The molecule has 0 radical (unpaired) electrons. The van der Waals surface area contributed by atoms with E-state index in [1.807, 2.05) is 17.4 Å². The summed E-state index contributed by atoms with van der Waals surface area (Å²) in [6.07, 6.45) is -5.75. The molecule has 2 aromatic heterocycles. The number of nitrogens with zero attached hydrogens (tertiary/aromatic N) is 6. The number of fused-ring (bicyclic) bond motifs is 2. The topological polar surface area (TPSA) is 205 Å². The van der Waals surface area contributed by atoms with Crippen molar-refractivity contribution in [2.24, 2.45) is 10.8 Å². The smallest absolute Gasteiger partial charge is 0.407 e. The van der Waals surface area contributed by atoms with Gasteiger partial charge in [0, 0.05) is 85.4 Å². The van der Waals surface area contributed by atoms with Gasteiger partial charge in [0.05, 0.1) is 55.9 Å². The molecule has 78 heavy (non-hydrogen) atoms. The lowest BCUT2D eigenvalue weighted by Crippen LogP contribution is -2.62. The van der Waals surface area contributed by atoms with Crippen molar-refractivity contribution in [2.75, 3.05) is 51.9 Å². The van der Waals surface area contributed by atoms with Crippen LogP contribution in [0.2, 0.25) is 0 Å². The first kappa shape index (κ1) is 58.7. The number of piperazine rings is 1. The molecule has 4 aromatic rings. The third-order valence-electron chi connectivity index (χ3n) is 14.1. The number of aromatic nitrogens is 3. The maximum Gasteiger partial charge on any atom is 0.407 e. The Morgan fingerprint density at radius 3 is 2.03 bits per heavy atom. The SMILES string of the molecule is CNC(=O)O[C@H](C(=O)NN(Cc1c(F)cc(-c2cn(C(F)F)cn2)cc1F)C[C@H](O)[C@H](Cc1ccc(C#Cc2ccc(N3C[C@@H]4CC[C@@H](C3)N4C3COC3)nc2)cc1)NC(=O)[C@@H](NC(=O)OC)C(C)(C)C(F)(F)F)C(C)(C)C. The first-order chi connectivity index (χ1) is 36.8. The number of nitrogens with one attached hydrogen (secondary N) is 4. The summed E-state index contributed by atoms with van der Waals surface area (Å²) < 4.78 is 118. The van der Waals surface area contributed by atoms with Gasteiger partial charge in [0.25, 0.3) is 5.91 Å². The largest absolute Gasteiger partial charge is 0.453 e. The number of halogens is 7. The van der Waals surface area contributed by atoms with E-state index in [0.717, 1.165) is 81.7 Å². The van der Waals surface area contributed by atoms with Gasteiger partial charge in [-0.3, -0.25) is 24.5 Å². The molecule has 0 aliphatic carbocycles. The highest BCUT2D eigenvalue weighted by Crippen LogP contribution is 2.41. The standard InChI is InChI=1S/C53H63F7N10O8/c1-51(2,3)45(78-49(74)61-6)47(73)66-69(24-37-38(54)19-33(20-39(37)55)41-25-68(29-63-41)48(56)57)26-42(71)40(64-46(72)44(65-50(75)76-7)52(4,5)53(58,59)60)18-31-11-8-30(9-12-31)10-13-32-14-17-43(62-21-32)67-22-34-15-16-35(23-67)70(34)36-27-77-28-36/h8-9,11-12,14,17,19-21,25,29,34-36,40,42,44-45,48,71H,15-16,18,22-24,26-28H2,1-7H3,(H,61,74)(H,64,72)(H,65,75)(H,66,73)/t34-,35-,40-,42-,44+,45+/m0/s1. The number of carbonyl (C=O) groups is 4. The number of benzene rings is 2. The van der Waals surface area contributed by atoms with E-state index >= 15 is 8.78 Å². The molecule has 3 aliphatic heterocycles. The van der Waals surface area contributed by atoms with Crippen LogP contribution >= 0.6 is 0 Å².